The lowest BCUT2D eigenvalue weighted by molar-refractivity contribution is -0.148. The maximum absolute atomic E-state index is 11.4. The number of esters is 1. The molecule has 0 spiro atoms. The van der Waals surface area contributed by atoms with Crippen molar-refractivity contribution >= 4 is 5.97 Å². The Morgan fingerprint density at radius 3 is 2.68 bits per heavy atom. The summed E-state index contributed by atoms with van der Waals surface area (Å²) in [5.41, 5.74) is 3.18. The van der Waals surface area contributed by atoms with E-state index < -0.39 is 5.60 Å². The Kier molecular flexibility index (Phi) is 4.51. The normalized spacial score (nSPS) is 31.8. The number of hydrogen-bond donors (Lipinski definition) is 1. The fourth-order valence-corrected chi connectivity index (χ4v) is 5.44. The third kappa shape index (κ3) is 3.23. The van der Waals surface area contributed by atoms with Crippen LogP contribution >= 0.6 is 0 Å². The molecule has 1 aromatic carbocycles. The molecule has 3 heteroatoms. The van der Waals surface area contributed by atoms with Crippen molar-refractivity contribution in [2.45, 2.75) is 77.7 Å². The zero-order chi connectivity index (χ0) is 18.5. The smallest absolute Gasteiger partial charge is 0.302 e. The predicted octanol–water partition coefficient (Wildman–Crippen LogP) is 4.49. The molecule has 0 amide bonds. The average molecular weight is 344 g/mol. The minimum Gasteiger partial charge on any atom is -0.465 e. The van der Waals surface area contributed by atoms with Crippen LogP contribution in [0.4, 0.5) is 0 Å². The van der Waals surface area contributed by atoms with Gasteiger partial charge in [0, 0.05) is 12.3 Å². The van der Waals surface area contributed by atoms with Gasteiger partial charge in [0.2, 0.25) is 0 Å². The summed E-state index contributed by atoms with van der Waals surface area (Å²) in [6, 6.07) is 6.53. The van der Waals surface area contributed by atoms with Gasteiger partial charge in [-0.1, -0.05) is 38.5 Å². The first-order valence-electron chi connectivity index (χ1n) is 9.56. The summed E-state index contributed by atoms with van der Waals surface area (Å²) in [4.78, 5) is 11.4. The fourth-order valence-electron chi connectivity index (χ4n) is 5.44. The molecule has 0 saturated heterocycles. The van der Waals surface area contributed by atoms with E-state index in [9.17, 15) is 9.90 Å². The number of benzene rings is 1. The van der Waals surface area contributed by atoms with Gasteiger partial charge in [0.25, 0.3) is 0 Å². The Morgan fingerprint density at radius 2 is 2.04 bits per heavy atom. The van der Waals surface area contributed by atoms with Gasteiger partial charge in [-0.2, -0.15) is 0 Å². The summed E-state index contributed by atoms with van der Waals surface area (Å²) in [5.74, 6) is 0.341. The van der Waals surface area contributed by atoms with Crippen LogP contribution in [0.1, 0.15) is 77.0 Å². The molecule has 3 nitrogen and oxygen atoms in total. The zero-order valence-corrected chi connectivity index (χ0v) is 16.3. The molecule has 3 rings (SSSR count). The van der Waals surface area contributed by atoms with Crippen LogP contribution in [-0.2, 0) is 27.0 Å². The van der Waals surface area contributed by atoms with Crippen LogP contribution in [0.3, 0.4) is 0 Å². The number of aliphatic hydroxyl groups is 1. The first-order chi connectivity index (χ1) is 11.6. The molecule has 0 bridgehead atoms. The van der Waals surface area contributed by atoms with Crippen LogP contribution in [0.2, 0.25) is 0 Å². The van der Waals surface area contributed by atoms with Gasteiger partial charge >= 0.3 is 5.97 Å². The standard InChI is InChI=1S/C22H32O3/c1-15(23)25-14-21(4)11-6-12-22(5)18-9-8-17(20(2,3)24)13-16(18)7-10-19(21)22/h8-9,13,19,24H,6-7,10-12,14H2,1-5H3/t19-,21-,22+/m0/s1. The molecule has 2 aliphatic carbocycles. The summed E-state index contributed by atoms with van der Waals surface area (Å²) in [6.07, 6.45) is 5.63. The zero-order valence-electron chi connectivity index (χ0n) is 16.3. The Bertz CT molecular complexity index is 672. The van der Waals surface area contributed by atoms with Crippen molar-refractivity contribution < 1.29 is 14.6 Å². The van der Waals surface area contributed by atoms with Crippen molar-refractivity contribution in [3.8, 4) is 0 Å². The van der Waals surface area contributed by atoms with Crippen molar-refractivity contribution in [1.29, 1.82) is 0 Å². The quantitative estimate of drug-likeness (QED) is 0.822. The number of carbonyl (C=O) groups is 1. The molecule has 1 saturated carbocycles. The Balaban J connectivity index is 1.97. The lowest BCUT2D eigenvalue weighted by atomic mass is 9.50. The lowest BCUT2D eigenvalue weighted by Crippen LogP contribution is -2.51. The van der Waals surface area contributed by atoms with Gasteiger partial charge in [0.05, 0.1) is 12.2 Å². The molecule has 0 radical (unpaired) electrons. The maximum Gasteiger partial charge on any atom is 0.302 e. The highest BCUT2D eigenvalue weighted by Gasteiger charge is 2.52. The summed E-state index contributed by atoms with van der Waals surface area (Å²) in [6.45, 7) is 10.4. The highest BCUT2D eigenvalue weighted by molar-refractivity contribution is 5.65. The summed E-state index contributed by atoms with van der Waals surface area (Å²) < 4.78 is 5.46. The molecule has 0 unspecified atom stereocenters. The van der Waals surface area contributed by atoms with Gasteiger partial charge in [-0.15, -0.1) is 0 Å². The maximum atomic E-state index is 11.4. The van der Waals surface area contributed by atoms with Gasteiger partial charge in [0.15, 0.2) is 0 Å². The molecule has 1 N–H and O–H groups in total. The van der Waals surface area contributed by atoms with Crippen molar-refractivity contribution in [1.82, 2.24) is 0 Å². The van der Waals surface area contributed by atoms with Crippen LogP contribution in [0.25, 0.3) is 0 Å². The minimum absolute atomic E-state index is 0.0469. The number of fused-ring (bicyclic) bond motifs is 3. The second kappa shape index (κ2) is 6.12. The van der Waals surface area contributed by atoms with Crippen molar-refractivity contribution in [2.75, 3.05) is 6.61 Å². The third-order valence-electron chi connectivity index (χ3n) is 6.79. The highest BCUT2D eigenvalue weighted by atomic mass is 16.5. The van der Waals surface area contributed by atoms with E-state index in [0.717, 1.165) is 31.2 Å². The van der Waals surface area contributed by atoms with Crippen molar-refractivity contribution in [3.05, 3.63) is 34.9 Å². The number of hydrogen-bond acceptors (Lipinski definition) is 3. The first-order valence-corrected chi connectivity index (χ1v) is 9.56. The fraction of sp³-hybridized carbons (Fsp3) is 0.682. The van der Waals surface area contributed by atoms with Crippen LogP contribution in [0.5, 0.6) is 0 Å². The van der Waals surface area contributed by atoms with Crippen molar-refractivity contribution in [3.63, 3.8) is 0 Å². The second-order valence-corrected chi connectivity index (χ2v) is 9.23. The molecule has 3 atom stereocenters. The van der Waals surface area contributed by atoms with E-state index in [-0.39, 0.29) is 16.8 Å². The molecule has 0 aromatic heterocycles. The van der Waals surface area contributed by atoms with E-state index in [0.29, 0.717) is 12.5 Å². The number of carbonyl (C=O) groups excluding carboxylic acids is 1. The van der Waals surface area contributed by atoms with Gasteiger partial charge in [0.1, 0.15) is 0 Å². The van der Waals surface area contributed by atoms with Gasteiger partial charge in [-0.25, -0.2) is 0 Å². The number of aryl methyl sites for hydroxylation is 1. The van der Waals surface area contributed by atoms with Crippen LogP contribution < -0.4 is 0 Å². The van der Waals surface area contributed by atoms with Gasteiger partial charge < -0.3 is 9.84 Å². The van der Waals surface area contributed by atoms with Crippen LogP contribution in [0.15, 0.2) is 18.2 Å². The Morgan fingerprint density at radius 1 is 1.32 bits per heavy atom. The molecule has 138 valence electrons. The number of rotatable bonds is 3. The molecule has 25 heavy (non-hydrogen) atoms. The third-order valence-corrected chi connectivity index (χ3v) is 6.79. The molecule has 2 aliphatic rings. The lowest BCUT2D eigenvalue weighted by Gasteiger charge is -2.55. The summed E-state index contributed by atoms with van der Waals surface area (Å²) >= 11 is 0. The number of ether oxygens (including phenoxy) is 1. The first kappa shape index (κ1) is 18.4. The minimum atomic E-state index is -0.802. The summed E-state index contributed by atoms with van der Waals surface area (Å²) in [5, 5.41) is 10.3. The Hall–Kier alpha value is -1.35. The molecule has 1 aromatic rings. The topological polar surface area (TPSA) is 46.5 Å². The van der Waals surface area contributed by atoms with Gasteiger partial charge in [-0.05, 0) is 67.6 Å². The molecular weight excluding hydrogens is 312 g/mol. The van der Waals surface area contributed by atoms with Crippen LogP contribution in [-0.4, -0.2) is 17.7 Å². The van der Waals surface area contributed by atoms with E-state index in [1.165, 1.54) is 24.5 Å². The van der Waals surface area contributed by atoms with E-state index in [4.69, 9.17) is 4.74 Å². The largest absolute Gasteiger partial charge is 0.465 e. The SMILES string of the molecule is CC(=O)OC[C@]1(C)CCC[C@]2(C)c3ccc(C(C)(C)O)cc3CC[C@@H]12. The van der Waals surface area contributed by atoms with Crippen LogP contribution in [0, 0.1) is 11.3 Å². The predicted molar refractivity (Wildman–Crippen MR) is 99.4 cm³/mol. The molecule has 0 heterocycles. The van der Waals surface area contributed by atoms with E-state index in [1.807, 2.05) is 13.8 Å². The monoisotopic (exact) mass is 344 g/mol. The average Bonchev–Trinajstić information content (AvgIpc) is 2.51. The Labute approximate surface area is 151 Å². The highest BCUT2D eigenvalue weighted by Crippen LogP contribution is 2.57. The summed E-state index contributed by atoms with van der Waals surface area (Å²) in [7, 11) is 0. The molecular formula is C22H32O3. The van der Waals surface area contributed by atoms with E-state index >= 15 is 0 Å². The van der Waals surface area contributed by atoms with E-state index in [2.05, 4.69) is 32.0 Å². The van der Waals surface area contributed by atoms with Gasteiger partial charge in [-0.3, -0.25) is 4.79 Å². The van der Waals surface area contributed by atoms with E-state index in [1.54, 1.807) is 0 Å². The molecule has 1 fully saturated rings. The van der Waals surface area contributed by atoms with Crippen molar-refractivity contribution in [2.24, 2.45) is 11.3 Å². The molecule has 0 aliphatic heterocycles. The second-order valence-electron chi connectivity index (χ2n) is 9.23.